The van der Waals surface area contributed by atoms with Gasteiger partial charge in [-0.25, -0.2) is 0 Å². The second kappa shape index (κ2) is 6.11. The third kappa shape index (κ3) is 2.65. The van der Waals surface area contributed by atoms with E-state index in [4.69, 9.17) is 19.9 Å². The van der Waals surface area contributed by atoms with E-state index < -0.39 is 11.9 Å². The van der Waals surface area contributed by atoms with Gasteiger partial charge in [0.1, 0.15) is 11.8 Å². The summed E-state index contributed by atoms with van der Waals surface area (Å²) in [7, 11) is 6.21. The van der Waals surface area contributed by atoms with E-state index in [1.54, 1.807) is 19.2 Å². The van der Waals surface area contributed by atoms with Crippen molar-refractivity contribution in [2.75, 3.05) is 28.4 Å². The van der Waals surface area contributed by atoms with E-state index in [1.165, 1.54) is 21.3 Å². The molecule has 1 amide bonds. The zero-order valence-electron chi connectivity index (χ0n) is 10.9. The lowest BCUT2D eigenvalue weighted by Gasteiger charge is -2.18. The molecule has 0 bridgehead atoms. The monoisotopic (exact) mass is 254 g/mol. The van der Waals surface area contributed by atoms with Gasteiger partial charge in [0, 0.05) is 11.6 Å². The van der Waals surface area contributed by atoms with Gasteiger partial charge in [0.25, 0.3) is 0 Å². The number of methoxy groups -OCH3 is 3. The number of hydrogen-bond acceptors (Lipinski definition) is 5. The Morgan fingerprint density at radius 3 is 2.00 bits per heavy atom. The first-order chi connectivity index (χ1) is 8.58. The van der Waals surface area contributed by atoms with Crippen molar-refractivity contribution in [3.8, 4) is 17.2 Å². The molecular formula is C12H18N2O4. The average molecular weight is 254 g/mol. The smallest absolute Gasteiger partial charge is 0.239 e. The highest BCUT2D eigenvalue weighted by atomic mass is 16.5. The summed E-state index contributed by atoms with van der Waals surface area (Å²) >= 11 is 0. The maximum atomic E-state index is 11.4. The summed E-state index contributed by atoms with van der Waals surface area (Å²) in [6, 6.07) is 2.67. The number of nitrogens with two attached hydrogens (primary N) is 1. The number of nitrogens with one attached hydrogen (secondary N) is 1. The summed E-state index contributed by atoms with van der Waals surface area (Å²) in [5, 5.41) is 2.83. The molecular weight excluding hydrogens is 236 g/mol. The Hall–Kier alpha value is -1.95. The van der Waals surface area contributed by atoms with Crippen LogP contribution in [0.25, 0.3) is 0 Å². The quantitative estimate of drug-likeness (QED) is 0.770. The first kappa shape index (κ1) is 14.1. The Morgan fingerprint density at radius 1 is 1.11 bits per heavy atom. The van der Waals surface area contributed by atoms with Crippen LogP contribution in [0.3, 0.4) is 0 Å². The van der Waals surface area contributed by atoms with Gasteiger partial charge in [-0.05, 0) is 13.1 Å². The van der Waals surface area contributed by atoms with Crippen molar-refractivity contribution in [2.24, 2.45) is 5.73 Å². The normalized spacial score (nSPS) is 11.8. The van der Waals surface area contributed by atoms with Crippen LogP contribution in [0.5, 0.6) is 17.2 Å². The lowest BCUT2D eigenvalue weighted by atomic mass is 10.0. The summed E-state index contributed by atoms with van der Waals surface area (Å²) < 4.78 is 15.6. The molecule has 18 heavy (non-hydrogen) atoms. The number of carbonyl (C=O) groups excluding carboxylic acids is 1. The van der Waals surface area contributed by atoms with Gasteiger partial charge in [-0.3, -0.25) is 4.79 Å². The van der Waals surface area contributed by atoms with Crippen molar-refractivity contribution in [2.45, 2.75) is 6.04 Å². The van der Waals surface area contributed by atoms with Crippen LogP contribution in [0, 0.1) is 0 Å². The van der Waals surface area contributed by atoms with Gasteiger partial charge >= 0.3 is 0 Å². The highest BCUT2D eigenvalue weighted by Gasteiger charge is 2.22. The van der Waals surface area contributed by atoms with Crippen LogP contribution < -0.4 is 25.3 Å². The van der Waals surface area contributed by atoms with Crippen LogP contribution in [0.4, 0.5) is 0 Å². The third-order valence-corrected chi connectivity index (χ3v) is 2.62. The molecule has 1 aromatic rings. The first-order valence-electron chi connectivity index (χ1n) is 5.35. The molecule has 0 aromatic heterocycles. The molecule has 100 valence electrons. The number of likely N-dealkylation sites (N-methyl/N-ethyl adjacent to an activating group) is 1. The van der Waals surface area contributed by atoms with Crippen molar-refractivity contribution in [3.05, 3.63) is 17.7 Å². The van der Waals surface area contributed by atoms with Crippen LogP contribution in [-0.4, -0.2) is 34.3 Å². The summed E-state index contributed by atoms with van der Waals surface area (Å²) in [5.74, 6) is 1.04. The van der Waals surface area contributed by atoms with E-state index in [0.29, 0.717) is 22.8 Å². The molecule has 0 fully saturated rings. The minimum absolute atomic E-state index is 0.497. The molecule has 0 spiro atoms. The maximum absolute atomic E-state index is 11.4. The average Bonchev–Trinajstić information content (AvgIpc) is 2.38. The molecule has 6 heteroatoms. The summed E-state index contributed by atoms with van der Waals surface area (Å²) in [4.78, 5) is 11.4. The van der Waals surface area contributed by atoms with Crippen molar-refractivity contribution in [3.63, 3.8) is 0 Å². The summed E-state index contributed by atoms with van der Waals surface area (Å²) in [6.45, 7) is 0. The van der Waals surface area contributed by atoms with E-state index in [0.717, 1.165) is 0 Å². The van der Waals surface area contributed by atoms with Crippen molar-refractivity contribution < 1.29 is 19.0 Å². The molecule has 1 atom stereocenters. The van der Waals surface area contributed by atoms with Gasteiger partial charge in [0.15, 0.2) is 11.5 Å². The number of amides is 1. The van der Waals surface area contributed by atoms with E-state index in [2.05, 4.69) is 5.32 Å². The number of hydrogen-bond donors (Lipinski definition) is 2. The summed E-state index contributed by atoms with van der Waals surface area (Å²) in [5.41, 5.74) is 5.94. The number of primary amides is 1. The zero-order chi connectivity index (χ0) is 13.7. The number of ether oxygens (including phenoxy) is 3. The predicted octanol–water partition coefficient (Wildman–Crippen LogP) is 0.458. The van der Waals surface area contributed by atoms with Crippen molar-refractivity contribution in [1.29, 1.82) is 0 Å². The fourth-order valence-corrected chi connectivity index (χ4v) is 1.73. The molecule has 0 heterocycles. The first-order valence-corrected chi connectivity index (χ1v) is 5.35. The van der Waals surface area contributed by atoms with Gasteiger partial charge in [-0.15, -0.1) is 0 Å². The molecule has 6 nitrogen and oxygen atoms in total. The van der Waals surface area contributed by atoms with Gasteiger partial charge in [-0.1, -0.05) is 0 Å². The topological polar surface area (TPSA) is 82.8 Å². The number of rotatable bonds is 6. The molecule has 0 aliphatic heterocycles. The lowest BCUT2D eigenvalue weighted by Crippen LogP contribution is -2.31. The molecule has 0 saturated heterocycles. The molecule has 3 N–H and O–H groups in total. The largest absolute Gasteiger partial charge is 0.496 e. The summed E-state index contributed by atoms with van der Waals surface area (Å²) in [6.07, 6.45) is 0. The van der Waals surface area contributed by atoms with Gasteiger partial charge in [-0.2, -0.15) is 0 Å². The van der Waals surface area contributed by atoms with Crippen molar-refractivity contribution in [1.82, 2.24) is 5.32 Å². The van der Waals surface area contributed by atoms with Gasteiger partial charge in [0.2, 0.25) is 5.91 Å². The maximum Gasteiger partial charge on any atom is 0.239 e. The fraction of sp³-hybridized carbons (Fsp3) is 0.417. The second-order valence-corrected chi connectivity index (χ2v) is 3.57. The SMILES string of the molecule is CNC(C(N)=O)c1cc(OC)c(OC)cc1OC. The Balaban J connectivity index is 3.36. The number of carbonyl (C=O) groups is 1. The van der Waals surface area contributed by atoms with Crippen LogP contribution in [0.1, 0.15) is 11.6 Å². The second-order valence-electron chi connectivity index (χ2n) is 3.57. The van der Waals surface area contributed by atoms with E-state index >= 15 is 0 Å². The lowest BCUT2D eigenvalue weighted by molar-refractivity contribution is -0.120. The molecule has 1 rings (SSSR count). The molecule has 0 radical (unpaired) electrons. The van der Waals surface area contributed by atoms with E-state index in [1.807, 2.05) is 0 Å². The third-order valence-electron chi connectivity index (χ3n) is 2.62. The predicted molar refractivity (Wildman–Crippen MR) is 67.1 cm³/mol. The molecule has 1 aromatic carbocycles. The van der Waals surface area contributed by atoms with Crippen LogP contribution in [-0.2, 0) is 4.79 Å². The van der Waals surface area contributed by atoms with Gasteiger partial charge < -0.3 is 25.3 Å². The highest BCUT2D eigenvalue weighted by Crippen LogP contribution is 2.37. The standard InChI is InChI=1S/C12H18N2O4/c1-14-11(12(13)15)7-5-9(17-3)10(18-4)6-8(7)16-2/h5-6,11,14H,1-4H3,(H2,13,15). The minimum atomic E-state index is -0.653. The molecule has 1 unspecified atom stereocenters. The molecule has 0 aliphatic rings. The Kier molecular flexibility index (Phi) is 4.79. The van der Waals surface area contributed by atoms with Crippen molar-refractivity contribution >= 4 is 5.91 Å². The van der Waals surface area contributed by atoms with Crippen LogP contribution in [0.2, 0.25) is 0 Å². The van der Waals surface area contributed by atoms with E-state index in [9.17, 15) is 4.79 Å². The zero-order valence-corrected chi connectivity index (χ0v) is 10.9. The minimum Gasteiger partial charge on any atom is -0.496 e. The molecule has 0 saturated carbocycles. The Bertz CT molecular complexity index is 434. The number of benzene rings is 1. The Morgan fingerprint density at radius 2 is 1.61 bits per heavy atom. The van der Waals surface area contributed by atoms with Gasteiger partial charge in [0.05, 0.1) is 21.3 Å². The fourth-order valence-electron chi connectivity index (χ4n) is 1.73. The Labute approximate surface area is 106 Å². The highest BCUT2D eigenvalue weighted by molar-refractivity contribution is 5.82. The molecule has 0 aliphatic carbocycles. The van der Waals surface area contributed by atoms with Crippen LogP contribution >= 0.6 is 0 Å². The van der Waals surface area contributed by atoms with E-state index in [-0.39, 0.29) is 0 Å². The van der Waals surface area contributed by atoms with Crippen LogP contribution in [0.15, 0.2) is 12.1 Å².